The first kappa shape index (κ1) is 17.7. The smallest absolute Gasteiger partial charge is 0.279 e. The number of β-amino-alcohol motifs (C(OH)–C–C–N with tert-alkyl or cyclic N) is 1. The zero-order valence-electron chi connectivity index (χ0n) is 14.0. The van der Waals surface area contributed by atoms with E-state index in [9.17, 15) is 13.5 Å². The van der Waals surface area contributed by atoms with Crippen LogP contribution in [0.5, 0.6) is 0 Å². The summed E-state index contributed by atoms with van der Waals surface area (Å²) in [7, 11) is -0.709. The number of nitrogens with one attached hydrogen (secondary N) is 1. The van der Waals surface area contributed by atoms with Gasteiger partial charge >= 0.3 is 0 Å². The van der Waals surface area contributed by atoms with Gasteiger partial charge in [0.15, 0.2) is 0 Å². The van der Waals surface area contributed by atoms with Gasteiger partial charge in [0, 0.05) is 27.2 Å². The summed E-state index contributed by atoms with van der Waals surface area (Å²) in [5.41, 5.74) is 0.812. The summed E-state index contributed by atoms with van der Waals surface area (Å²) in [5.74, 6) is 0.513. The van der Waals surface area contributed by atoms with E-state index in [2.05, 4.69) is 20.2 Å². The highest BCUT2D eigenvalue weighted by Crippen LogP contribution is 2.20. The van der Waals surface area contributed by atoms with Crippen molar-refractivity contribution in [1.82, 2.24) is 29.2 Å². The molecule has 25 heavy (non-hydrogen) atoms. The molecule has 0 unspecified atom stereocenters. The van der Waals surface area contributed by atoms with Gasteiger partial charge in [0.1, 0.15) is 0 Å². The van der Waals surface area contributed by atoms with Gasteiger partial charge in [-0.1, -0.05) is 23.3 Å². The Morgan fingerprint density at radius 1 is 1.28 bits per heavy atom. The summed E-state index contributed by atoms with van der Waals surface area (Å²) in [6.07, 6.45) is -0.431. The Hall–Kier alpha value is -2.08. The highest BCUT2D eigenvalue weighted by Gasteiger charge is 2.33. The quantitative estimate of drug-likeness (QED) is 0.696. The molecule has 1 fully saturated rings. The Morgan fingerprint density at radius 3 is 2.64 bits per heavy atom. The monoisotopic (exact) mass is 367 g/mol. The van der Waals surface area contributed by atoms with Crippen LogP contribution in [0, 0.1) is 0 Å². The average molecular weight is 367 g/mol. The highest BCUT2D eigenvalue weighted by molar-refractivity contribution is 7.87. The highest BCUT2D eigenvalue weighted by atomic mass is 32.2. The molecule has 0 radical (unpaired) electrons. The molecule has 0 bridgehead atoms. The van der Waals surface area contributed by atoms with Crippen LogP contribution in [0.3, 0.4) is 0 Å². The topological polar surface area (TPSA) is 116 Å². The summed E-state index contributed by atoms with van der Waals surface area (Å²) in [4.78, 5) is 1.85. The van der Waals surface area contributed by atoms with Crippen molar-refractivity contribution in [3.63, 3.8) is 0 Å². The normalized spacial score (nSPS) is 21.7. The average Bonchev–Trinajstić information content (AvgIpc) is 3.07. The standard InChI is InChI=1S/C14H21N7O3S/c1-19(2)25(23,24)16-12-8-9-20(10-13(12)22)14-15-17-18-21(14)11-6-4-3-5-7-11/h3-7,12-13,16,22H,8-10H2,1-2H3/t12-,13-/m1/s1. The van der Waals surface area contributed by atoms with E-state index >= 15 is 0 Å². The maximum Gasteiger partial charge on any atom is 0.279 e. The molecule has 1 aromatic carbocycles. The van der Waals surface area contributed by atoms with Crippen molar-refractivity contribution in [2.45, 2.75) is 18.6 Å². The van der Waals surface area contributed by atoms with Crippen LogP contribution < -0.4 is 9.62 Å². The van der Waals surface area contributed by atoms with E-state index in [1.54, 1.807) is 4.68 Å². The molecule has 0 amide bonds. The Kier molecular flexibility index (Phi) is 4.99. The lowest BCUT2D eigenvalue weighted by molar-refractivity contribution is 0.123. The van der Waals surface area contributed by atoms with E-state index in [0.29, 0.717) is 18.9 Å². The second kappa shape index (κ2) is 7.04. The number of aromatic nitrogens is 4. The number of aliphatic hydroxyl groups is 1. The van der Waals surface area contributed by atoms with Crippen LogP contribution in [0.2, 0.25) is 0 Å². The fourth-order valence-electron chi connectivity index (χ4n) is 2.66. The van der Waals surface area contributed by atoms with Gasteiger partial charge in [-0.05, 0) is 29.0 Å². The lowest BCUT2D eigenvalue weighted by Crippen LogP contribution is -2.56. The fourth-order valence-corrected chi connectivity index (χ4v) is 3.53. The maximum absolute atomic E-state index is 11.9. The van der Waals surface area contributed by atoms with Crippen LogP contribution in [-0.4, -0.2) is 77.4 Å². The van der Waals surface area contributed by atoms with Crippen molar-refractivity contribution in [1.29, 1.82) is 0 Å². The first-order chi connectivity index (χ1) is 11.9. The Labute approximate surface area is 146 Å². The van der Waals surface area contributed by atoms with E-state index in [0.717, 1.165) is 9.99 Å². The largest absolute Gasteiger partial charge is 0.390 e. The number of aliphatic hydroxyl groups excluding tert-OH is 1. The minimum absolute atomic E-state index is 0.230. The molecule has 3 rings (SSSR count). The van der Waals surface area contributed by atoms with E-state index in [4.69, 9.17) is 0 Å². The van der Waals surface area contributed by atoms with E-state index in [1.807, 2.05) is 35.2 Å². The zero-order valence-corrected chi connectivity index (χ0v) is 14.8. The van der Waals surface area contributed by atoms with Crippen LogP contribution >= 0.6 is 0 Å². The third-order valence-electron chi connectivity index (χ3n) is 4.10. The predicted octanol–water partition coefficient (Wildman–Crippen LogP) is -1.00. The molecule has 10 nitrogen and oxygen atoms in total. The summed E-state index contributed by atoms with van der Waals surface area (Å²) in [6.45, 7) is 0.749. The van der Waals surface area contributed by atoms with Gasteiger partial charge in [-0.3, -0.25) is 0 Å². The van der Waals surface area contributed by atoms with Gasteiger partial charge < -0.3 is 10.0 Å². The number of rotatable bonds is 5. The lowest BCUT2D eigenvalue weighted by Gasteiger charge is -2.36. The minimum atomic E-state index is -3.59. The van der Waals surface area contributed by atoms with Crippen molar-refractivity contribution >= 4 is 16.2 Å². The second-order valence-corrected chi connectivity index (χ2v) is 7.96. The number of tetrazole rings is 1. The molecule has 0 aliphatic carbocycles. The molecule has 2 atom stereocenters. The zero-order chi connectivity index (χ0) is 18.0. The van der Waals surface area contributed by atoms with Crippen molar-refractivity contribution in [3.05, 3.63) is 30.3 Å². The Morgan fingerprint density at radius 2 is 2.00 bits per heavy atom. The predicted molar refractivity (Wildman–Crippen MR) is 91.5 cm³/mol. The van der Waals surface area contributed by atoms with Gasteiger partial charge in [-0.2, -0.15) is 22.1 Å². The molecule has 136 valence electrons. The van der Waals surface area contributed by atoms with E-state index in [1.165, 1.54) is 14.1 Å². The van der Waals surface area contributed by atoms with Crippen LogP contribution in [0.25, 0.3) is 5.69 Å². The second-order valence-electron chi connectivity index (χ2n) is 6.04. The maximum atomic E-state index is 11.9. The number of benzene rings is 1. The molecule has 11 heteroatoms. The first-order valence-corrected chi connectivity index (χ1v) is 9.29. The summed E-state index contributed by atoms with van der Waals surface area (Å²) < 4.78 is 29.1. The molecule has 1 aromatic heterocycles. The third-order valence-corrected chi connectivity index (χ3v) is 5.66. The van der Waals surface area contributed by atoms with Crippen molar-refractivity contribution in [2.75, 3.05) is 32.1 Å². The van der Waals surface area contributed by atoms with Crippen LogP contribution in [0.4, 0.5) is 5.95 Å². The summed E-state index contributed by atoms with van der Waals surface area (Å²) in [5, 5.41) is 22.2. The SMILES string of the molecule is CN(C)S(=O)(=O)N[C@@H]1CCN(c2nnnn2-c2ccccc2)C[C@H]1O. The molecule has 2 N–H and O–H groups in total. The van der Waals surface area contributed by atoms with Crippen LogP contribution in [-0.2, 0) is 10.2 Å². The van der Waals surface area contributed by atoms with Gasteiger partial charge in [0.05, 0.1) is 17.8 Å². The van der Waals surface area contributed by atoms with Crippen molar-refractivity contribution in [3.8, 4) is 5.69 Å². The number of nitrogens with zero attached hydrogens (tertiary/aromatic N) is 6. The van der Waals surface area contributed by atoms with Gasteiger partial charge in [-0.15, -0.1) is 0 Å². The molecule has 0 spiro atoms. The summed E-state index contributed by atoms with van der Waals surface area (Å²) >= 11 is 0. The molecular formula is C14H21N7O3S. The fraction of sp³-hybridized carbons (Fsp3) is 0.500. The van der Waals surface area contributed by atoms with Gasteiger partial charge in [-0.25, -0.2) is 0 Å². The van der Waals surface area contributed by atoms with Gasteiger partial charge in [0.2, 0.25) is 5.95 Å². The van der Waals surface area contributed by atoms with Gasteiger partial charge in [0.25, 0.3) is 10.2 Å². The Balaban J connectivity index is 1.73. The van der Waals surface area contributed by atoms with Crippen LogP contribution in [0.1, 0.15) is 6.42 Å². The molecule has 0 saturated carbocycles. The van der Waals surface area contributed by atoms with Crippen molar-refractivity contribution < 1.29 is 13.5 Å². The number of hydrogen-bond donors (Lipinski definition) is 2. The number of hydrogen-bond acceptors (Lipinski definition) is 7. The molecule has 2 heterocycles. The van der Waals surface area contributed by atoms with Crippen LogP contribution in [0.15, 0.2) is 30.3 Å². The summed E-state index contributed by atoms with van der Waals surface area (Å²) in [6, 6.07) is 8.89. The van der Waals surface area contributed by atoms with E-state index in [-0.39, 0.29) is 6.54 Å². The molecule has 1 saturated heterocycles. The number of piperidine rings is 1. The third kappa shape index (κ3) is 3.79. The Bertz CT molecular complexity index is 809. The molecule has 1 aliphatic rings. The minimum Gasteiger partial charge on any atom is -0.390 e. The number of para-hydroxylation sites is 1. The lowest BCUT2D eigenvalue weighted by atomic mass is 10.0. The molecule has 1 aliphatic heterocycles. The van der Waals surface area contributed by atoms with E-state index < -0.39 is 22.4 Å². The number of anilines is 1. The van der Waals surface area contributed by atoms with Crippen molar-refractivity contribution in [2.24, 2.45) is 0 Å². The first-order valence-electron chi connectivity index (χ1n) is 7.85. The molecular weight excluding hydrogens is 346 g/mol. The molecule has 2 aromatic rings.